The zero-order valence-corrected chi connectivity index (χ0v) is 15.3. The molecule has 0 saturated carbocycles. The van der Waals surface area contributed by atoms with E-state index in [2.05, 4.69) is 17.2 Å². The number of imidazole rings is 1. The van der Waals surface area contributed by atoms with Crippen molar-refractivity contribution in [3.05, 3.63) is 54.9 Å². The van der Waals surface area contributed by atoms with Crippen LogP contribution >= 0.6 is 0 Å². The van der Waals surface area contributed by atoms with Crippen LogP contribution in [0.25, 0.3) is 16.7 Å². The molecule has 0 unspecified atom stereocenters. The van der Waals surface area contributed by atoms with Crippen LogP contribution in [0.2, 0.25) is 0 Å². The molecule has 1 saturated heterocycles. The molecule has 2 heterocycles. The highest BCUT2D eigenvalue weighted by molar-refractivity contribution is 6.39. The number of carbonyl (C=O) groups is 2. The fraction of sp³-hybridized carbons (Fsp3) is 0.286. The van der Waals surface area contributed by atoms with E-state index in [1.807, 2.05) is 41.0 Å². The van der Waals surface area contributed by atoms with Crippen molar-refractivity contribution in [2.75, 3.05) is 18.4 Å². The van der Waals surface area contributed by atoms with Crippen molar-refractivity contribution in [3.63, 3.8) is 0 Å². The van der Waals surface area contributed by atoms with Gasteiger partial charge in [0.2, 0.25) is 0 Å². The van der Waals surface area contributed by atoms with E-state index in [4.69, 9.17) is 0 Å². The Hall–Kier alpha value is -3.15. The van der Waals surface area contributed by atoms with Crippen molar-refractivity contribution >= 4 is 28.5 Å². The first-order valence-electron chi connectivity index (χ1n) is 9.24. The molecule has 1 aliphatic rings. The number of likely N-dealkylation sites (tertiary alicyclic amines) is 1. The molecule has 1 N–H and O–H groups in total. The molecule has 0 spiro atoms. The first-order chi connectivity index (χ1) is 13.1. The lowest BCUT2D eigenvalue weighted by atomic mass is 10.0. The van der Waals surface area contributed by atoms with Gasteiger partial charge in [0, 0.05) is 24.5 Å². The largest absolute Gasteiger partial charge is 0.334 e. The molecule has 27 heavy (non-hydrogen) atoms. The predicted octanol–water partition coefficient (Wildman–Crippen LogP) is 3.22. The van der Waals surface area contributed by atoms with Gasteiger partial charge in [-0.1, -0.05) is 19.1 Å². The molecule has 0 radical (unpaired) electrons. The van der Waals surface area contributed by atoms with E-state index in [-0.39, 0.29) is 0 Å². The third-order valence-electron chi connectivity index (χ3n) is 5.00. The number of anilines is 1. The molecule has 2 amide bonds. The minimum Gasteiger partial charge on any atom is -0.334 e. The maximum atomic E-state index is 12.3. The molecule has 1 atom stereocenters. The van der Waals surface area contributed by atoms with E-state index in [0.29, 0.717) is 24.7 Å². The van der Waals surface area contributed by atoms with Gasteiger partial charge in [-0.25, -0.2) is 4.98 Å². The number of rotatable bonds is 2. The van der Waals surface area contributed by atoms with Crippen molar-refractivity contribution in [2.24, 2.45) is 5.92 Å². The SMILES string of the molecule is C[C@@H]1CCCN(C(=O)C(=O)Nc2ccc(-n3cnc4ccccc43)cc2)C1. The topological polar surface area (TPSA) is 67.2 Å². The molecule has 0 aliphatic carbocycles. The summed E-state index contributed by atoms with van der Waals surface area (Å²) in [7, 11) is 0. The molecule has 1 aromatic heterocycles. The third kappa shape index (κ3) is 3.56. The lowest BCUT2D eigenvalue weighted by Gasteiger charge is -2.30. The van der Waals surface area contributed by atoms with Crippen LogP contribution in [-0.2, 0) is 9.59 Å². The Bertz CT molecular complexity index is 977. The van der Waals surface area contributed by atoms with Crippen LogP contribution in [0.3, 0.4) is 0 Å². The Labute approximate surface area is 157 Å². The predicted molar refractivity (Wildman–Crippen MR) is 105 cm³/mol. The number of hydrogen-bond donors (Lipinski definition) is 1. The number of benzene rings is 2. The lowest BCUT2D eigenvalue weighted by molar-refractivity contribution is -0.144. The van der Waals surface area contributed by atoms with Gasteiger partial charge in [-0.05, 0) is 55.2 Å². The first-order valence-corrected chi connectivity index (χ1v) is 9.24. The lowest BCUT2D eigenvalue weighted by Crippen LogP contribution is -2.44. The van der Waals surface area contributed by atoms with Crippen LogP contribution in [0.1, 0.15) is 19.8 Å². The van der Waals surface area contributed by atoms with Gasteiger partial charge in [-0.15, -0.1) is 0 Å². The van der Waals surface area contributed by atoms with E-state index >= 15 is 0 Å². The van der Waals surface area contributed by atoms with E-state index in [0.717, 1.165) is 29.6 Å². The van der Waals surface area contributed by atoms with Crippen molar-refractivity contribution < 1.29 is 9.59 Å². The summed E-state index contributed by atoms with van der Waals surface area (Å²) in [6, 6.07) is 15.3. The molecule has 2 aromatic carbocycles. The minimum absolute atomic E-state index is 0.444. The average molecular weight is 362 g/mol. The van der Waals surface area contributed by atoms with Crippen molar-refractivity contribution in [3.8, 4) is 5.69 Å². The van der Waals surface area contributed by atoms with Crippen molar-refractivity contribution in [1.29, 1.82) is 0 Å². The monoisotopic (exact) mass is 362 g/mol. The van der Waals surface area contributed by atoms with E-state index < -0.39 is 11.8 Å². The van der Waals surface area contributed by atoms with Crippen LogP contribution < -0.4 is 5.32 Å². The summed E-state index contributed by atoms with van der Waals surface area (Å²) in [4.78, 5) is 30.7. The van der Waals surface area contributed by atoms with Crippen molar-refractivity contribution in [1.82, 2.24) is 14.5 Å². The molecular formula is C21H22N4O2. The average Bonchev–Trinajstić information content (AvgIpc) is 3.12. The van der Waals surface area contributed by atoms with E-state index in [1.165, 1.54) is 0 Å². The second-order valence-corrected chi connectivity index (χ2v) is 7.10. The quantitative estimate of drug-likeness (QED) is 0.712. The molecule has 3 aromatic rings. The molecule has 6 nitrogen and oxygen atoms in total. The van der Waals surface area contributed by atoms with E-state index in [1.54, 1.807) is 23.4 Å². The second-order valence-electron chi connectivity index (χ2n) is 7.10. The van der Waals surface area contributed by atoms with Gasteiger partial charge >= 0.3 is 11.8 Å². The van der Waals surface area contributed by atoms with Gasteiger partial charge in [0.25, 0.3) is 0 Å². The summed E-state index contributed by atoms with van der Waals surface area (Å²) in [5.74, 6) is -0.587. The summed E-state index contributed by atoms with van der Waals surface area (Å²) in [5.41, 5.74) is 3.49. The van der Waals surface area contributed by atoms with Crippen LogP contribution in [0.15, 0.2) is 54.9 Å². The second kappa shape index (κ2) is 7.23. The smallest absolute Gasteiger partial charge is 0.313 e. The number of piperidine rings is 1. The molecule has 1 aliphatic heterocycles. The summed E-state index contributed by atoms with van der Waals surface area (Å²) in [5, 5.41) is 2.71. The highest BCUT2D eigenvalue weighted by Crippen LogP contribution is 2.20. The molecule has 138 valence electrons. The number of carbonyl (C=O) groups excluding carboxylic acids is 2. The molecule has 1 fully saturated rings. The van der Waals surface area contributed by atoms with Gasteiger partial charge < -0.3 is 10.2 Å². The Morgan fingerprint density at radius 3 is 2.67 bits per heavy atom. The fourth-order valence-corrected chi connectivity index (χ4v) is 3.57. The number of nitrogens with one attached hydrogen (secondary N) is 1. The summed E-state index contributed by atoms with van der Waals surface area (Å²) < 4.78 is 1.99. The summed E-state index contributed by atoms with van der Waals surface area (Å²) in [6.07, 6.45) is 3.84. The maximum Gasteiger partial charge on any atom is 0.313 e. The van der Waals surface area contributed by atoms with Crippen LogP contribution in [0.4, 0.5) is 5.69 Å². The summed E-state index contributed by atoms with van der Waals surface area (Å²) >= 11 is 0. The number of hydrogen-bond acceptors (Lipinski definition) is 3. The van der Waals surface area contributed by atoms with Crippen LogP contribution in [-0.4, -0.2) is 39.4 Å². The third-order valence-corrected chi connectivity index (χ3v) is 5.00. The highest BCUT2D eigenvalue weighted by atomic mass is 16.2. The van der Waals surface area contributed by atoms with E-state index in [9.17, 15) is 9.59 Å². The zero-order valence-electron chi connectivity index (χ0n) is 15.3. The normalized spacial score (nSPS) is 17.1. The van der Waals surface area contributed by atoms with Crippen LogP contribution in [0.5, 0.6) is 0 Å². The standard InChI is InChI=1S/C21H22N4O2/c1-15-5-4-12-24(13-15)21(27)20(26)23-16-8-10-17(11-9-16)25-14-22-18-6-2-3-7-19(18)25/h2-3,6-11,14-15H,4-5,12-13H2,1H3,(H,23,26)/t15-/m1/s1. The number of para-hydroxylation sites is 2. The number of fused-ring (bicyclic) bond motifs is 1. The zero-order chi connectivity index (χ0) is 18.8. The fourth-order valence-electron chi connectivity index (χ4n) is 3.57. The minimum atomic E-state index is -0.579. The highest BCUT2D eigenvalue weighted by Gasteiger charge is 2.26. The molecule has 0 bridgehead atoms. The maximum absolute atomic E-state index is 12.3. The van der Waals surface area contributed by atoms with Gasteiger partial charge in [-0.3, -0.25) is 14.2 Å². The van der Waals surface area contributed by atoms with Gasteiger partial charge in [0.05, 0.1) is 11.0 Å². The number of amides is 2. The Morgan fingerprint density at radius 2 is 1.89 bits per heavy atom. The van der Waals surface area contributed by atoms with Gasteiger partial charge in [0.15, 0.2) is 0 Å². The van der Waals surface area contributed by atoms with Gasteiger partial charge in [-0.2, -0.15) is 0 Å². The van der Waals surface area contributed by atoms with Crippen LogP contribution in [0, 0.1) is 5.92 Å². The number of aromatic nitrogens is 2. The van der Waals surface area contributed by atoms with Crippen molar-refractivity contribution in [2.45, 2.75) is 19.8 Å². The molecular weight excluding hydrogens is 340 g/mol. The Kier molecular flexibility index (Phi) is 4.62. The summed E-state index contributed by atoms with van der Waals surface area (Å²) in [6.45, 7) is 3.41. The molecule has 6 heteroatoms. The van der Waals surface area contributed by atoms with Gasteiger partial charge in [0.1, 0.15) is 6.33 Å². The Balaban J connectivity index is 1.46. The Morgan fingerprint density at radius 1 is 1.11 bits per heavy atom. The number of nitrogens with zero attached hydrogens (tertiary/aromatic N) is 3. The first kappa shape index (κ1) is 17.3. The molecule has 4 rings (SSSR count).